The van der Waals surface area contributed by atoms with E-state index in [2.05, 4.69) is 19.2 Å². The van der Waals surface area contributed by atoms with Crippen molar-refractivity contribution in [1.82, 2.24) is 5.32 Å². The molecule has 1 heteroatoms. The van der Waals surface area contributed by atoms with Crippen LogP contribution in [0.15, 0.2) is 0 Å². The Hall–Kier alpha value is -0.0400. The van der Waals surface area contributed by atoms with Crippen LogP contribution in [0.2, 0.25) is 0 Å². The Balaban J connectivity index is 1.87. The number of nitrogens with one attached hydrogen (secondary N) is 1. The lowest BCUT2D eigenvalue weighted by Gasteiger charge is -2.24. The van der Waals surface area contributed by atoms with Gasteiger partial charge in [0.05, 0.1) is 0 Å². The topological polar surface area (TPSA) is 12.0 Å². The van der Waals surface area contributed by atoms with E-state index in [1.807, 2.05) is 0 Å². The molecule has 0 aromatic heterocycles. The maximum Gasteiger partial charge on any atom is 0.0100 e. The van der Waals surface area contributed by atoms with Gasteiger partial charge in [-0.1, -0.05) is 20.3 Å². The van der Waals surface area contributed by atoms with Gasteiger partial charge >= 0.3 is 0 Å². The lowest BCUT2D eigenvalue weighted by atomic mass is 9.95. The molecule has 64 valence electrons. The van der Waals surface area contributed by atoms with Crippen LogP contribution in [-0.4, -0.2) is 12.1 Å². The van der Waals surface area contributed by atoms with Crippen LogP contribution >= 0.6 is 0 Å². The molecule has 1 N–H and O–H groups in total. The van der Waals surface area contributed by atoms with Gasteiger partial charge in [-0.25, -0.2) is 0 Å². The fourth-order valence-electron chi connectivity index (χ4n) is 2.88. The summed E-state index contributed by atoms with van der Waals surface area (Å²) in [6.45, 7) is 4.51. The average molecular weight is 153 g/mol. The van der Waals surface area contributed by atoms with E-state index in [1.165, 1.54) is 25.7 Å². The second-order valence-electron chi connectivity index (χ2n) is 4.60. The van der Waals surface area contributed by atoms with Crippen molar-refractivity contribution < 1.29 is 0 Å². The lowest BCUT2D eigenvalue weighted by molar-refractivity contribution is 0.332. The largest absolute Gasteiger partial charge is 0.311 e. The summed E-state index contributed by atoms with van der Waals surface area (Å²) in [4.78, 5) is 0. The Morgan fingerprint density at radius 2 is 2.00 bits per heavy atom. The molecular formula is C10H19N. The summed E-state index contributed by atoms with van der Waals surface area (Å²) < 4.78 is 0. The van der Waals surface area contributed by atoms with Crippen LogP contribution in [0, 0.1) is 11.8 Å². The predicted octanol–water partition coefficient (Wildman–Crippen LogP) is 2.17. The highest BCUT2D eigenvalue weighted by molar-refractivity contribution is 4.94. The third-order valence-corrected chi connectivity index (χ3v) is 3.29. The van der Waals surface area contributed by atoms with Crippen molar-refractivity contribution in [3.63, 3.8) is 0 Å². The van der Waals surface area contributed by atoms with Crippen molar-refractivity contribution in [2.24, 2.45) is 11.8 Å². The maximum atomic E-state index is 3.67. The molecule has 0 radical (unpaired) electrons. The fraction of sp³-hybridized carbons (Fsp3) is 1.00. The molecule has 0 amide bonds. The quantitative estimate of drug-likeness (QED) is 0.641. The van der Waals surface area contributed by atoms with Crippen molar-refractivity contribution in [2.45, 2.75) is 51.6 Å². The number of rotatable bonds is 2. The van der Waals surface area contributed by atoms with E-state index in [9.17, 15) is 0 Å². The molecule has 3 unspecified atom stereocenters. The Morgan fingerprint density at radius 1 is 1.18 bits per heavy atom. The first-order valence-corrected chi connectivity index (χ1v) is 5.01. The van der Waals surface area contributed by atoms with Crippen molar-refractivity contribution in [1.29, 1.82) is 0 Å². The molecule has 0 saturated heterocycles. The van der Waals surface area contributed by atoms with Crippen LogP contribution in [0.4, 0.5) is 0 Å². The fourth-order valence-corrected chi connectivity index (χ4v) is 2.88. The molecule has 0 spiro atoms. The van der Waals surface area contributed by atoms with Crippen LogP contribution in [0.3, 0.4) is 0 Å². The van der Waals surface area contributed by atoms with Crippen LogP contribution in [0.1, 0.15) is 39.5 Å². The number of hydrogen-bond donors (Lipinski definition) is 1. The Bertz CT molecular complexity index is 142. The Morgan fingerprint density at radius 3 is 2.45 bits per heavy atom. The highest BCUT2D eigenvalue weighted by Gasteiger charge is 2.39. The van der Waals surface area contributed by atoms with Crippen molar-refractivity contribution in [3.8, 4) is 0 Å². The molecular weight excluding hydrogens is 134 g/mol. The van der Waals surface area contributed by atoms with E-state index in [4.69, 9.17) is 0 Å². The predicted molar refractivity (Wildman–Crippen MR) is 47.5 cm³/mol. The van der Waals surface area contributed by atoms with E-state index in [1.54, 1.807) is 0 Å². The first-order valence-electron chi connectivity index (χ1n) is 5.01. The van der Waals surface area contributed by atoms with E-state index in [0.717, 1.165) is 17.9 Å². The number of fused-ring (bicyclic) bond motifs is 2. The molecule has 0 heterocycles. The Labute approximate surface area is 69.6 Å². The average Bonchev–Trinajstić information content (AvgIpc) is 2.45. The molecule has 2 aliphatic rings. The minimum Gasteiger partial charge on any atom is -0.311 e. The number of hydrogen-bond acceptors (Lipinski definition) is 1. The molecule has 11 heavy (non-hydrogen) atoms. The van der Waals surface area contributed by atoms with E-state index in [-0.39, 0.29) is 0 Å². The van der Waals surface area contributed by atoms with Crippen LogP contribution < -0.4 is 5.32 Å². The smallest absolute Gasteiger partial charge is 0.0100 e. The third kappa shape index (κ3) is 1.44. The standard InChI is InChI=1S/C10H19N/c1-7(2)11-10-6-8-3-4-9(10)5-8/h7-11H,3-6H2,1-2H3. The summed E-state index contributed by atoms with van der Waals surface area (Å²) in [5, 5.41) is 3.67. The molecule has 0 aromatic rings. The van der Waals surface area contributed by atoms with Gasteiger partial charge in [-0.2, -0.15) is 0 Å². The minimum absolute atomic E-state index is 0.680. The lowest BCUT2D eigenvalue weighted by Crippen LogP contribution is -2.38. The van der Waals surface area contributed by atoms with Crippen LogP contribution in [-0.2, 0) is 0 Å². The zero-order valence-corrected chi connectivity index (χ0v) is 7.64. The van der Waals surface area contributed by atoms with E-state index < -0.39 is 0 Å². The monoisotopic (exact) mass is 153 g/mol. The summed E-state index contributed by atoms with van der Waals surface area (Å²) in [6.07, 6.45) is 5.99. The summed E-state index contributed by atoms with van der Waals surface area (Å²) >= 11 is 0. The molecule has 1 nitrogen and oxygen atoms in total. The molecule has 2 saturated carbocycles. The van der Waals surface area contributed by atoms with Gasteiger partial charge in [0.25, 0.3) is 0 Å². The van der Waals surface area contributed by atoms with Gasteiger partial charge in [0.1, 0.15) is 0 Å². The van der Waals surface area contributed by atoms with Gasteiger partial charge in [0.2, 0.25) is 0 Å². The van der Waals surface area contributed by atoms with Crippen LogP contribution in [0.25, 0.3) is 0 Å². The minimum atomic E-state index is 0.680. The highest BCUT2D eigenvalue weighted by atomic mass is 15.0. The van der Waals surface area contributed by atoms with Crippen molar-refractivity contribution >= 4 is 0 Å². The van der Waals surface area contributed by atoms with E-state index >= 15 is 0 Å². The molecule has 2 aliphatic carbocycles. The van der Waals surface area contributed by atoms with Gasteiger partial charge < -0.3 is 5.32 Å². The summed E-state index contributed by atoms with van der Waals surface area (Å²) in [5.41, 5.74) is 0. The van der Waals surface area contributed by atoms with Gasteiger partial charge in [-0.05, 0) is 31.1 Å². The molecule has 2 fully saturated rings. The SMILES string of the molecule is CC(C)NC1CC2CCC1C2. The zero-order valence-electron chi connectivity index (χ0n) is 7.64. The second kappa shape index (κ2) is 2.78. The van der Waals surface area contributed by atoms with Crippen molar-refractivity contribution in [3.05, 3.63) is 0 Å². The molecule has 0 aromatic carbocycles. The molecule has 3 atom stereocenters. The van der Waals surface area contributed by atoms with Gasteiger partial charge in [-0.15, -0.1) is 0 Å². The highest BCUT2D eigenvalue weighted by Crippen LogP contribution is 2.44. The zero-order chi connectivity index (χ0) is 7.84. The van der Waals surface area contributed by atoms with Gasteiger partial charge in [-0.3, -0.25) is 0 Å². The third-order valence-electron chi connectivity index (χ3n) is 3.29. The molecule has 2 rings (SSSR count). The van der Waals surface area contributed by atoms with Gasteiger partial charge in [0, 0.05) is 12.1 Å². The van der Waals surface area contributed by atoms with Gasteiger partial charge in [0.15, 0.2) is 0 Å². The Kier molecular flexibility index (Phi) is 1.92. The summed E-state index contributed by atoms with van der Waals surface area (Å²) in [5.74, 6) is 2.11. The van der Waals surface area contributed by atoms with Crippen molar-refractivity contribution in [2.75, 3.05) is 0 Å². The first kappa shape index (κ1) is 7.60. The second-order valence-corrected chi connectivity index (χ2v) is 4.60. The maximum absolute atomic E-state index is 3.67. The van der Waals surface area contributed by atoms with Crippen LogP contribution in [0.5, 0.6) is 0 Å². The molecule has 0 aliphatic heterocycles. The normalized spacial score (nSPS) is 42.3. The summed E-state index contributed by atoms with van der Waals surface area (Å²) in [6, 6.07) is 1.55. The first-order chi connectivity index (χ1) is 5.25. The van der Waals surface area contributed by atoms with E-state index in [0.29, 0.717) is 6.04 Å². The summed E-state index contributed by atoms with van der Waals surface area (Å²) in [7, 11) is 0. The molecule has 2 bridgehead atoms.